The van der Waals surface area contributed by atoms with Gasteiger partial charge in [-0.2, -0.15) is 0 Å². The van der Waals surface area contributed by atoms with Gasteiger partial charge in [0, 0.05) is 63.8 Å². The lowest BCUT2D eigenvalue weighted by Crippen LogP contribution is -2.54. The van der Waals surface area contributed by atoms with E-state index in [0.29, 0.717) is 26.3 Å². The van der Waals surface area contributed by atoms with Crippen LogP contribution in [0.25, 0.3) is 0 Å². The first-order valence-corrected chi connectivity index (χ1v) is 11.9. The third kappa shape index (κ3) is 5.06. The molecule has 3 heterocycles. The van der Waals surface area contributed by atoms with Crippen LogP contribution in [0.15, 0.2) is 53.4 Å². The maximum Gasteiger partial charge on any atom is 0.320 e. The fourth-order valence-electron chi connectivity index (χ4n) is 4.53. The van der Waals surface area contributed by atoms with E-state index in [2.05, 4.69) is 57.7 Å². The number of ether oxygens (including phenoxy) is 1. The smallest absolute Gasteiger partial charge is 0.320 e. The molecule has 164 valence electrons. The molecule has 3 aliphatic rings. The Balaban J connectivity index is 1.12. The van der Waals surface area contributed by atoms with Crippen molar-refractivity contribution in [1.29, 1.82) is 0 Å². The van der Waals surface area contributed by atoms with E-state index < -0.39 is 0 Å². The molecule has 0 atom stereocenters. The first-order chi connectivity index (χ1) is 15.2. The molecular formula is C24H30N4O2S. The van der Waals surface area contributed by atoms with E-state index in [-0.39, 0.29) is 6.03 Å². The zero-order valence-corrected chi connectivity index (χ0v) is 18.7. The second-order valence-corrected chi connectivity index (χ2v) is 9.62. The van der Waals surface area contributed by atoms with Gasteiger partial charge >= 0.3 is 6.03 Å². The number of nitrogens with zero attached hydrogens (tertiary/aromatic N) is 4. The molecule has 7 heteroatoms. The van der Waals surface area contributed by atoms with Crippen LogP contribution in [0.3, 0.4) is 0 Å². The maximum atomic E-state index is 12.7. The number of hydrogen-bond acceptors (Lipinski definition) is 5. The summed E-state index contributed by atoms with van der Waals surface area (Å²) >= 11 is 1.85. The fraction of sp³-hybridized carbons (Fsp3) is 0.458. The van der Waals surface area contributed by atoms with Crippen LogP contribution in [0.1, 0.15) is 16.7 Å². The Bertz CT molecular complexity index is 885. The molecule has 2 amide bonds. The third-order valence-electron chi connectivity index (χ3n) is 6.28. The third-order valence-corrected chi connectivity index (χ3v) is 7.26. The van der Waals surface area contributed by atoms with Gasteiger partial charge in [-0.25, -0.2) is 9.10 Å². The van der Waals surface area contributed by atoms with Crippen LogP contribution in [0.4, 0.5) is 4.79 Å². The van der Waals surface area contributed by atoms with Gasteiger partial charge in [-0.05, 0) is 40.8 Å². The highest BCUT2D eigenvalue weighted by atomic mass is 32.2. The van der Waals surface area contributed by atoms with E-state index in [0.717, 1.165) is 45.8 Å². The van der Waals surface area contributed by atoms with Gasteiger partial charge in [0.1, 0.15) is 0 Å². The zero-order valence-electron chi connectivity index (χ0n) is 17.9. The Labute approximate surface area is 188 Å². The molecule has 5 rings (SSSR count). The van der Waals surface area contributed by atoms with E-state index >= 15 is 0 Å². The van der Waals surface area contributed by atoms with Crippen molar-refractivity contribution in [1.82, 2.24) is 19.0 Å². The topological polar surface area (TPSA) is 39.3 Å². The number of carbonyl (C=O) groups excluding carboxylic acids is 1. The minimum absolute atomic E-state index is 0.174. The molecule has 0 radical (unpaired) electrons. The summed E-state index contributed by atoms with van der Waals surface area (Å²) in [4.78, 5) is 20.4. The van der Waals surface area contributed by atoms with Crippen LogP contribution < -0.4 is 0 Å². The first-order valence-electron chi connectivity index (χ1n) is 11.2. The quantitative estimate of drug-likeness (QED) is 0.685. The molecule has 0 saturated carbocycles. The normalized spacial score (nSPS) is 20.1. The molecule has 2 saturated heterocycles. The van der Waals surface area contributed by atoms with Gasteiger partial charge in [-0.3, -0.25) is 4.90 Å². The number of amides is 2. The maximum absolute atomic E-state index is 12.7. The lowest BCUT2D eigenvalue weighted by atomic mass is 10.1. The average molecular weight is 439 g/mol. The molecule has 2 aromatic carbocycles. The Hall–Kier alpha value is -2.06. The van der Waals surface area contributed by atoms with Crippen LogP contribution in [-0.2, 0) is 24.4 Å². The van der Waals surface area contributed by atoms with Crippen LogP contribution in [0.5, 0.6) is 0 Å². The minimum Gasteiger partial charge on any atom is -0.378 e. The Kier molecular flexibility index (Phi) is 6.45. The van der Waals surface area contributed by atoms with Crippen molar-refractivity contribution < 1.29 is 9.53 Å². The van der Waals surface area contributed by atoms with Crippen molar-refractivity contribution in [3.8, 4) is 0 Å². The molecule has 0 aliphatic carbocycles. The van der Waals surface area contributed by atoms with Gasteiger partial charge in [0.15, 0.2) is 0 Å². The summed E-state index contributed by atoms with van der Waals surface area (Å²) in [6.07, 6.45) is 0. The number of hydrogen-bond donors (Lipinski definition) is 0. The molecule has 0 spiro atoms. The number of piperazine rings is 1. The van der Waals surface area contributed by atoms with Crippen LogP contribution in [0.2, 0.25) is 0 Å². The number of benzene rings is 2. The number of urea groups is 1. The summed E-state index contributed by atoms with van der Waals surface area (Å²) in [5, 5.41) is 0. The zero-order chi connectivity index (χ0) is 21.0. The van der Waals surface area contributed by atoms with E-state index in [9.17, 15) is 4.79 Å². The second kappa shape index (κ2) is 9.61. The van der Waals surface area contributed by atoms with E-state index in [4.69, 9.17) is 4.74 Å². The van der Waals surface area contributed by atoms with Crippen molar-refractivity contribution in [2.45, 2.75) is 24.5 Å². The van der Waals surface area contributed by atoms with Gasteiger partial charge in [0.2, 0.25) is 0 Å². The molecule has 31 heavy (non-hydrogen) atoms. The first kappa shape index (κ1) is 20.8. The van der Waals surface area contributed by atoms with Crippen LogP contribution >= 0.6 is 11.9 Å². The molecular weight excluding hydrogens is 408 g/mol. The van der Waals surface area contributed by atoms with Gasteiger partial charge in [0.05, 0.1) is 13.2 Å². The lowest BCUT2D eigenvalue weighted by Gasteiger charge is -2.38. The second-order valence-electron chi connectivity index (χ2n) is 8.45. The van der Waals surface area contributed by atoms with Crippen molar-refractivity contribution in [3.05, 3.63) is 65.2 Å². The summed E-state index contributed by atoms with van der Waals surface area (Å²) in [7, 11) is 0. The standard InChI is InChI=1S/C24H30N4O2S/c29-24(27-12-14-30-15-13-27)26-10-8-25(9-11-26)17-20-4-3-7-23(16-20)31-28-18-21-5-1-2-6-22(21)19-28/h1-7,16H,8-15,17-19H2. The van der Waals surface area contributed by atoms with Gasteiger partial charge in [-0.15, -0.1) is 0 Å². The number of carbonyl (C=O) groups is 1. The summed E-state index contributed by atoms with van der Waals surface area (Å²) in [6, 6.07) is 17.8. The number of rotatable bonds is 4. The molecule has 2 aromatic rings. The van der Waals surface area contributed by atoms with Crippen LogP contribution in [-0.4, -0.2) is 77.5 Å². The van der Waals surface area contributed by atoms with Gasteiger partial charge in [0.25, 0.3) is 0 Å². The molecule has 0 unspecified atom stereocenters. The van der Waals surface area contributed by atoms with Crippen molar-refractivity contribution in [2.24, 2.45) is 0 Å². The molecule has 6 nitrogen and oxygen atoms in total. The van der Waals surface area contributed by atoms with Crippen molar-refractivity contribution >= 4 is 18.0 Å². The van der Waals surface area contributed by atoms with Crippen molar-refractivity contribution in [2.75, 3.05) is 52.5 Å². The Morgan fingerprint density at radius 2 is 1.52 bits per heavy atom. The molecule has 2 fully saturated rings. The van der Waals surface area contributed by atoms with E-state index in [1.807, 2.05) is 21.7 Å². The number of fused-ring (bicyclic) bond motifs is 1. The molecule has 0 N–H and O–H groups in total. The largest absolute Gasteiger partial charge is 0.378 e. The van der Waals surface area contributed by atoms with Crippen molar-refractivity contribution in [3.63, 3.8) is 0 Å². The highest BCUT2D eigenvalue weighted by Gasteiger charge is 2.26. The summed E-state index contributed by atoms with van der Waals surface area (Å²) in [5.41, 5.74) is 4.22. The summed E-state index contributed by atoms with van der Waals surface area (Å²) in [6.45, 7) is 9.14. The summed E-state index contributed by atoms with van der Waals surface area (Å²) < 4.78 is 7.79. The molecule has 0 aromatic heterocycles. The number of morpholine rings is 1. The Morgan fingerprint density at radius 1 is 0.839 bits per heavy atom. The highest BCUT2D eigenvalue weighted by Crippen LogP contribution is 2.33. The predicted molar refractivity (Wildman–Crippen MR) is 123 cm³/mol. The van der Waals surface area contributed by atoms with Gasteiger partial charge in [-0.1, -0.05) is 36.4 Å². The predicted octanol–water partition coefficient (Wildman–Crippen LogP) is 3.28. The highest BCUT2D eigenvalue weighted by molar-refractivity contribution is 7.97. The molecule has 3 aliphatic heterocycles. The molecule has 0 bridgehead atoms. The van der Waals surface area contributed by atoms with E-state index in [1.165, 1.54) is 21.6 Å². The van der Waals surface area contributed by atoms with Gasteiger partial charge < -0.3 is 14.5 Å². The minimum atomic E-state index is 0.174. The van der Waals surface area contributed by atoms with E-state index in [1.54, 1.807) is 0 Å². The lowest BCUT2D eigenvalue weighted by molar-refractivity contribution is 0.0373. The summed E-state index contributed by atoms with van der Waals surface area (Å²) in [5.74, 6) is 0. The average Bonchev–Trinajstić information content (AvgIpc) is 3.22. The van der Waals surface area contributed by atoms with Crippen LogP contribution in [0, 0.1) is 0 Å². The Morgan fingerprint density at radius 3 is 2.23 bits per heavy atom. The monoisotopic (exact) mass is 438 g/mol. The SMILES string of the molecule is O=C(N1CCOCC1)N1CCN(Cc2cccc(SN3Cc4ccccc4C3)c2)CC1. The fourth-order valence-corrected chi connectivity index (χ4v) is 5.58.